The van der Waals surface area contributed by atoms with Gasteiger partial charge in [-0.15, -0.1) is 0 Å². The number of rotatable bonds is 1. The Balaban J connectivity index is 2.13. The highest BCUT2D eigenvalue weighted by molar-refractivity contribution is 5.58. The molecule has 1 saturated carbocycles. The molecule has 2 aliphatic carbocycles. The standard InChI is InChI=1S/C14H19N/c1-8(2)13-10-6-7-11(13)14-9(10)4-3-5-12(14)15/h3-5,8,10-11,13H,6-7,15H2,1-2H3/t10-,11?,13?/m0/s1. The average Bonchev–Trinajstić information content (AvgIpc) is 2.73. The molecular weight excluding hydrogens is 182 g/mol. The van der Waals surface area contributed by atoms with Gasteiger partial charge < -0.3 is 5.73 Å². The number of anilines is 1. The monoisotopic (exact) mass is 201 g/mol. The summed E-state index contributed by atoms with van der Waals surface area (Å²) in [5.41, 5.74) is 10.2. The number of nitrogens with two attached hydrogens (primary N) is 1. The van der Waals surface area contributed by atoms with Crippen molar-refractivity contribution in [2.24, 2.45) is 11.8 Å². The molecule has 3 rings (SSSR count). The fraction of sp³-hybridized carbons (Fsp3) is 0.571. The minimum Gasteiger partial charge on any atom is -0.398 e. The lowest BCUT2D eigenvalue weighted by molar-refractivity contribution is 0.352. The second-order valence-corrected chi connectivity index (χ2v) is 5.46. The van der Waals surface area contributed by atoms with E-state index in [1.165, 1.54) is 18.4 Å². The Morgan fingerprint density at radius 1 is 1.20 bits per heavy atom. The number of fused-ring (bicyclic) bond motifs is 5. The second kappa shape index (κ2) is 3.01. The summed E-state index contributed by atoms with van der Waals surface area (Å²) in [5, 5.41) is 0. The van der Waals surface area contributed by atoms with E-state index in [1.807, 2.05) is 0 Å². The lowest BCUT2D eigenvalue weighted by Gasteiger charge is -2.20. The topological polar surface area (TPSA) is 26.0 Å². The van der Waals surface area contributed by atoms with E-state index >= 15 is 0 Å². The Morgan fingerprint density at radius 3 is 2.60 bits per heavy atom. The molecule has 0 aliphatic heterocycles. The Kier molecular flexibility index (Phi) is 1.86. The first-order chi connectivity index (χ1) is 7.20. The van der Waals surface area contributed by atoms with Gasteiger partial charge in [-0.3, -0.25) is 0 Å². The van der Waals surface area contributed by atoms with Crippen molar-refractivity contribution in [1.82, 2.24) is 0 Å². The predicted octanol–water partition coefficient (Wildman–Crippen LogP) is 3.52. The van der Waals surface area contributed by atoms with Gasteiger partial charge in [-0.25, -0.2) is 0 Å². The summed E-state index contributed by atoms with van der Waals surface area (Å²) in [6.07, 6.45) is 2.73. The zero-order chi connectivity index (χ0) is 10.6. The number of nitrogen functional groups attached to an aromatic ring is 1. The molecule has 0 saturated heterocycles. The normalized spacial score (nSPS) is 32.3. The van der Waals surface area contributed by atoms with Crippen LogP contribution in [0.4, 0.5) is 5.69 Å². The zero-order valence-electron chi connectivity index (χ0n) is 9.53. The summed E-state index contributed by atoms with van der Waals surface area (Å²) in [5.74, 6) is 3.19. The van der Waals surface area contributed by atoms with Crippen LogP contribution >= 0.6 is 0 Å². The van der Waals surface area contributed by atoms with Gasteiger partial charge in [0.25, 0.3) is 0 Å². The first kappa shape index (κ1) is 9.26. The SMILES string of the molecule is CC(C)C1C2CC[C@H]1c1cccc(N)c12. The maximum absolute atomic E-state index is 6.12. The van der Waals surface area contributed by atoms with Crippen LogP contribution in [0.1, 0.15) is 49.7 Å². The number of hydrogen-bond acceptors (Lipinski definition) is 1. The van der Waals surface area contributed by atoms with E-state index in [0.717, 1.165) is 29.4 Å². The third kappa shape index (κ3) is 1.09. The first-order valence-corrected chi connectivity index (χ1v) is 6.08. The van der Waals surface area contributed by atoms with Crippen molar-refractivity contribution in [2.45, 2.75) is 38.5 Å². The molecule has 0 amide bonds. The van der Waals surface area contributed by atoms with E-state index in [2.05, 4.69) is 32.0 Å². The van der Waals surface area contributed by atoms with Crippen molar-refractivity contribution in [1.29, 1.82) is 0 Å². The molecule has 2 bridgehead atoms. The molecule has 0 spiro atoms. The van der Waals surface area contributed by atoms with Crippen LogP contribution in [0.15, 0.2) is 18.2 Å². The lowest BCUT2D eigenvalue weighted by atomic mass is 9.85. The van der Waals surface area contributed by atoms with Gasteiger partial charge in [-0.1, -0.05) is 26.0 Å². The van der Waals surface area contributed by atoms with Crippen LogP contribution in [0.5, 0.6) is 0 Å². The van der Waals surface area contributed by atoms with Crippen molar-refractivity contribution < 1.29 is 0 Å². The minimum atomic E-state index is 0.756. The molecule has 0 aromatic heterocycles. The second-order valence-electron chi connectivity index (χ2n) is 5.46. The Hall–Kier alpha value is -0.980. The van der Waals surface area contributed by atoms with E-state index in [9.17, 15) is 0 Å². The van der Waals surface area contributed by atoms with Crippen LogP contribution in [-0.2, 0) is 0 Å². The van der Waals surface area contributed by atoms with Crippen LogP contribution in [0.3, 0.4) is 0 Å². The zero-order valence-corrected chi connectivity index (χ0v) is 9.53. The molecule has 3 atom stereocenters. The summed E-state index contributed by atoms with van der Waals surface area (Å²) in [6, 6.07) is 6.48. The number of hydrogen-bond donors (Lipinski definition) is 1. The van der Waals surface area contributed by atoms with Crippen LogP contribution in [0.25, 0.3) is 0 Å². The fourth-order valence-corrected chi connectivity index (χ4v) is 4.01. The largest absolute Gasteiger partial charge is 0.398 e. The van der Waals surface area contributed by atoms with E-state index < -0.39 is 0 Å². The molecule has 0 radical (unpaired) electrons. The van der Waals surface area contributed by atoms with E-state index in [1.54, 1.807) is 5.56 Å². The third-order valence-corrected chi connectivity index (χ3v) is 4.43. The van der Waals surface area contributed by atoms with Crippen LogP contribution in [0.2, 0.25) is 0 Å². The van der Waals surface area contributed by atoms with Crippen molar-refractivity contribution in [3.63, 3.8) is 0 Å². The quantitative estimate of drug-likeness (QED) is 0.691. The molecule has 1 aromatic carbocycles. The molecule has 1 heteroatoms. The highest BCUT2D eigenvalue weighted by atomic mass is 14.6. The number of benzene rings is 1. The summed E-state index contributed by atoms with van der Waals surface area (Å²) < 4.78 is 0. The molecule has 1 aromatic rings. The van der Waals surface area contributed by atoms with Gasteiger partial charge >= 0.3 is 0 Å². The van der Waals surface area contributed by atoms with E-state index in [-0.39, 0.29) is 0 Å². The van der Waals surface area contributed by atoms with Gasteiger partial charge in [0.2, 0.25) is 0 Å². The van der Waals surface area contributed by atoms with Gasteiger partial charge in [0.1, 0.15) is 0 Å². The molecule has 0 heterocycles. The lowest BCUT2D eigenvalue weighted by Crippen LogP contribution is -2.11. The highest BCUT2D eigenvalue weighted by Crippen LogP contribution is 2.60. The maximum Gasteiger partial charge on any atom is 0.0352 e. The molecule has 2 N–H and O–H groups in total. The summed E-state index contributed by atoms with van der Waals surface area (Å²) >= 11 is 0. The van der Waals surface area contributed by atoms with Gasteiger partial charge in [0.05, 0.1) is 0 Å². The highest BCUT2D eigenvalue weighted by Gasteiger charge is 2.47. The van der Waals surface area contributed by atoms with Crippen LogP contribution in [-0.4, -0.2) is 0 Å². The van der Waals surface area contributed by atoms with Gasteiger partial charge in [-0.2, -0.15) is 0 Å². The molecule has 80 valence electrons. The van der Waals surface area contributed by atoms with Gasteiger partial charge in [0.15, 0.2) is 0 Å². The summed E-state index contributed by atoms with van der Waals surface area (Å²) in [7, 11) is 0. The molecular formula is C14H19N. The Labute approximate surface area is 91.7 Å². The van der Waals surface area contributed by atoms with Crippen LogP contribution in [0, 0.1) is 11.8 Å². The van der Waals surface area contributed by atoms with Gasteiger partial charge in [0, 0.05) is 5.69 Å². The Bertz CT molecular complexity index is 394. The molecule has 1 nitrogen and oxygen atoms in total. The molecule has 2 unspecified atom stereocenters. The first-order valence-electron chi connectivity index (χ1n) is 6.08. The van der Waals surface area contributed by atoms with E-state index in [0.29, 0.717) is 0 Å². The van der Waals surface area contributed by atoms with Crippen molar-refractivity contribution >= 4 is 5.69 Å². The van der Waals surface area contributed by atoms with Crippen molar-refractivity contribution in [2.75, 3.05) is 5.73 Å². The molecule has 2 aliphatic rings. The third-order valence-electron chi connectivity index (χ3n) is 4.43. The van der Waals surface area contributed by atoms with Crippen LogP contribution < -0.4 is 5.73 Å². The van der Waals surface area contributed by atoms with Crippen molar-refractivity contribution in [3.8, 4) is 0 Å². The smallest absolute Gasteiger partial charge is 0.0352 e. The average molecular weight is 201 g/mol. The summed E-state index contributed by atoms with van der Waals surface area (Å²) in [6.45, 7) is 4.72. The predicted molar refractivity (Wildman–Crippen MR) is 63.9 cm³/mol. The molecule has 15 heavy (non-hydrogen) atoms. The van der Waals surface area contributed by atoms with E-state index in [4.69, 9.17) is 5.73 Å². The summed E-state index contributed by atoms with van der Waals surface area (Å²) in [4.78, 5) is 0. The minimum absolute atomic E-state index is 0.756. The van der Waals surface area contributed by atoms with Crippen molar-refractivity contribution in [3.05, 3.63) is 29.3 Å². The Morgan fingerprint density at radius 2 is 1.93 bits per heavy atom. The molecule has 1 fully saturated rings. The maximum atomic E-state index is 6.12. The van der Waals surface area contributed by atoms with Gasteiger partial charge in [-0.05, 0) is 53.7 Å². The fourth-order valence-electron chi connectivity index (χ4n) is 4.01.